The molecule has 0 saturated heterocycles. The van der Waals surface area contributed by atoms with Gasteiger partial charge in [-0.15, -0.1) is 0 Å². The number of aromatic nitrogens is 1. The highest BCUT2D eigenvalue weighted by atomic mass is 16.5. The van der Waals surface area contributed by atoms with E-state index >= 15 is 0 Å². The second-order valence-corrected chi connectivity index (χ2v) is 7.41. The van der Waals surface area contributed by atoms with Gasteiger partial charge in [-0.05, 0) is 37.7 Å². The first kappa shape index (κ1) is 22.4. The van der Waals surface area contributed by atoms with Crippen molar-refractivity contribution in [2.75, 3.05) is 34.2 Å². The number of benzene rings is 1. The van der Waals surface area contributed by atoms with Crippen LogP contribution in [0.3, 0.4) is 0 Å². The van der Waals surface area contributed by atoms with Gasteiger partial charge in [0.1, 0.15) is 0 Å². The highest BCUT2D eigenvalue weighted by Crippen LogP contribution is 2.13. The van der Waals surface area contributed by atoms with Crippen LogP contribution < -0.4 is 16.0 Å². The monoisotopic (exact) mass is 400 g/mol. The largest absolute Gasteiger partial charge is 0.359 e. The van der Waals surface area contributed by atoms with Crippen LogP contribution in [0.1, 0.15) is 47.1 Å². The lowest BCUT2D eigenvalue weighted by molar-refractivity contribution is 0.0951. The van der Waals surface area contributed by atoms with Gasteiger partial charge in [-0.25, -0.2) is 0 Å². The number of likely N-dealkylation sites (N-methyl/N-ethyl adjacent to an activating group) is 1. The number of aliphatic imine (C=N–C) groups is 1. The number of amides is 1. The Kier molecular flexibility index (Phi) is 8.67. The molecule has 3 N–H and O–H groups in total. The van der Waals surface area contributed by atoms with Gasteiger partial charge in [0.2, 0.25) is 0 Å². The SMILES string of the molecule is CN=C(NCc1cccc(C(=O)NCCN(C)C)c1)NCc1cc(C(C)C)no1. The second-order valence-electron chi connectivity index (χ2n) is 7.41. The molecule has 158 valence electrons. The van der Waals surface area contributed by atoms with Gasteiger partial charge in [0.15, 0.2) is 11.7 Å². The van der Waals surface area contributed by atoms with Crippen molar-refractivity contribution in [3.8, 4) is 0 Å². The van der Waals surface area contributed by atoms with Crippen molar-refractivity contribution in [1.29, 1.82) is 0 Å². The zero-order valence-electron chi connectivity index (χ0n) is 18.0. The molecule has 0 fully saturated rings. The second kappa shape index (κ2) is 11.2. The van der Waals surface area contributed by atoms with Crippen LogP contribution in [0.25, 0.3) is 0 Å². The Bertz CT molecular complexity index is 813. The zero-order chi connectivity index (χ0) is 21.2. The van der Waals surface area contributed by atoms with Gasteiger partial charge in [-0.1, -0.05) is 31.1 Å². The Morgan fingerprint density at radius 3 is 2.59 bits per heavy atom. The molecule has 2 rings (SSSR count). The highest BCUT2D eigenvalue weighted by molar-refractivity contribution is 5.94. The average molecular weight is 401 g/mol. The molecule has 8 heteroatoms. The van der Waals surface area contributed by atoms with Crippen LogP contribution in [0.5, 0.6) is 0 Å². The predicted octanol–water partition coefficient (Wildman–Crippen LogP) is 1.95. The fourth-order valence-electron chi connectivity index (χ4n) is 2.58. The fourth-order valence-corrected chi connectivity index (χ4v) is 2.58. The van der Waals surface area contributed by atoms with Crippen LogP contribution in [0, 0.1) is 0 Å². The predicted molar refractivity (Wildman–Crippen MR) is 115 cm³/mol. The third-order valence-corrected chi connectivity index (χ3v) is 4.32. The lowest BCUT2D eigenvalue weighted by Gasteiger charge is -2.12. The van der Waals surface area contributed by atoms with Gasteiger partial charge < -0.3 is 25.4 Å². The van der Waals surface area contributed by atoms with Gasteiger partial charge >= 0.3 is 0 Å². The van der Waals surface area contributed by atoms with Crippen molar-refractivity contribution in [1.82, 2.24) is 26.0 Å². The van der Waals surface area contributed by atoms with E-state index in [0.717, 1.165) is 23.6 Å². The minimum Gasteiger partial charge on any atom is -0.359 e. The molecule has 8 nitrogen and oxygen atoms in total. The normalized spacial score (nSPS) is 11.8. The summed E-state index contributed by atoms with van der Waals surface area (Å²) in [6.07, 6.45) is 0. The van der Waals surface area contributed by atoms with Crippen LogP contribution in [0.2, 0.25) is 0 Å². The summed E-state index contributed by atoms with van der Waals surface area (Å²) in [4.78, 5) is 18.5. The molecule has 0 unspecified atom stereocenters. The third kappa shape index (κ3) is 7.57. The van der Waals surface area contributed by atoms with Crippen molar-refractivity contribution in [3.05, 3.63) is 52.9 Å². The molecule has 1 aromatic heterocycles. The summed E-state index contributed by atoms with van der Waals surface area (Å²) in [6.45, 7) is 6.61. The van der Waals surface area contributed by atoms with Crippen LogP contribution in [0.15, 0.2) is 39.8 Å². The summed E-state index contributed by atoms with van der Waals surface area (Å²) >= 11 is 0. The van der Waals surface area contributed by atoms with Crippen molar-refractivity contribution in [2.45, 2.75) is 32.9 Å². The van der Waals surface area contributed by atoms with E-state index in [1.165, 1.54) is 0 Å². The summed E-state index contributed by atoms with van der Waals surface area (Å²) in [5.74, 6) is 1.67. The van der Waals surface area contributed by atoms with Gasteiger partial charge in [0.25, 0.3) is 5.91 Å². The van der Waals surface area contributed by atoms with E-state index in [2.05, 4.69) is 39.9 Å². The molecule has 0 saturated carbocycles. The maximum Gasteiger partial charge on any atom is 0.251 e. The topological polar surface area (TPSA) is 94.8 Å². The van der Waals surface area contributed by atoms with E-state index in [1.807, 2.05) is 49.3 Å². The zero-order valence-corrected chi connectivity index (χ0v) is 18.0. The van der Waals surface area contributed by atoms with Crippen molar-refractivity contribution < 1.29 is 9.32 Å². The van der Waals surface area contributed by atoms with Crippen LogP contribution in [-0.4, -0.2) is 56.2 Å². The number of nitrogens with zero attached hydrogens (tertiary/aromatic N) is 3. The van der Waals surface area contributed by atoms with E-state index in [0.29, 0.717) is 37.1 Å². The highest BCUT2D eigenvalue weighted by Gasteiger charge is 2.09. The van der Waals surface area contributed by atoms with E-state index in [4.69, 9.17) is 4.52 Å². The minimum atomic E-state index is -0.0671. The molecular weight excluding hydrogens is 368 g/mol. The molecular formula is C21H32N6O2. The van der Waals surface area contributed by atoms with Crippen LogP contribution in [-0.2, 0) is 13.1 Å². The quantitative estimate of drug-likeness (QED) is 0.440. The molecule has 0 aliphatic heterocycles. The summed E-state index contributed by atoms with van der Waals surface area (Å²) < 4.78 is 5.33. The molecule has 0 aliphatic carbocycles. The van der Waals surface area contributed by atoms with Crippen LogP contribution >= 0.6 is 0 Å². The number of rotatable bonds is 9. The van der Waals surface area contributed by atoms with Gasteiger partial charge in [0.05, 0.1) is 12.2 Å². The van der Waals surface area contributed by atoms with Crippen molar-refractivity contribution in [2.24, 2.45) is 4.99 Å². The van der Waals surface area contributed by atoms with E-state index in [-0.39, 0.29) is 5.91 Å². The van der Waals surface area contributed by atoms with Gasteiger partial charge in [0, 0.05) is 38.3 Å². The first-order chi connectivity index (χ1) is 13.9. The Morgan fingerprint density at radius 2 is 1.93 bits per heavy atom. The summed E-state index contributed by atoms with van der Waals surface area (Å²) in [5.41, 5.74) is 2.58. The Hall–Kier alpha value is -2.87. The molecule has 1 heterocycles. The molecule has 0 spiro atoms. The Balaban J connectivity index is 1.84. The Labute approximate surface area is 172 Å². The summed E-state index contributed by atoms with van der Waals surface area (Å²) in [7, 11) is 5.67. The molecule has 0 bridgehead atoms. The number of hydrogen-bond acceptors (Lipinski definition) is 5. The molecule has 1 amide bonds. The van der Waals surface area contributed by atoms with E-state index < -0.39 is 0 Å². The van der Waals surface area contributed by atoms with Crippen LogP contribution in [0.4, 0.5) is 0 Å². The van der Waals surface area contributed by atoms with Gasteiger partial charge in [-0.3, -0.25) is 9.79 Å². The van der Waals surface area contributed by atoms with E-state index in [9.17, 15) is 4.79 Å². The fraction of sp³-hybridized carbons (Fsp3) is 0.476. The van der Waals surface area contributed by atoms with Gasteiger partial charge in [-0.2, -0.15) is 0 Å². The third-order valence-electron chi connectivity index (χ3n) is 4.32. The maximum absolute atomic E-state index is 12.3. The van der Waals surface area contributed by atoms with E-state index in [1.54, 1.807) is 7.05 Å². The molecule has 2 aromatic rings. The first-order valence-electron chi connectivity index (χ1n) is 9.81. The first-order valence-corrected chi connectivity index (χ1v) is 9.81. The molecule has 0 aliphatic rings. The molecule has 0 atom stereocenters. The minimum absolute atomic E-state index is 0.0671. The molecule has 1 aromatic carbocycles. The average Bonchev–Trinajstić information content (AvgIpc) is 3.17. The molecule has 29 heavy (non-hydrogen) atoms. The molecule has 0 radical (unpaired) electrons. The van der Waals surface area contributed by atoms with Crippen molar-refractivity contribution >= 4 is 11.9 Å². The lowest BCUT2D eigenvalue weighted by Crippen LogP contribution is -2.36. The smallest absolute Gasteiger partial charge is 0.251 e. The maximum atomic E-state index is 12.3. The summed E-state index contributed by atoms with van der Waals surface area (Å²) in [6, 6.07) is 9.51. The number of carbonyl (C=O) groups is 1. The van der Waals surface area contributed by atoms with Crippen molar-refractivity contribution in [3.63, 3.8) is 0 Å². The number of nitrogens with one attached hydrogen (secondary N) is 3. The number of carbonyl (C=O) groups excluding carboxylic acids is 1. The standard InChI is InChI=1S/C21H32N6O2/c1-15(2)19-12-18(29-26-19)14-25-21(22-3)24-13-16-7-6-8-17(11-16)20(28)23-9-10-27(4)5/h6-8,11-12,15H,9-10,13-14H2,1-5H3,(H,23,28)(H2,22,24,25). The summed E-state index contributed by atoms with van der Waals surface area (Å²) in [5, 5.41) is 13.4. The number of guanidine groups is 1. The number of hydrogen-bond donors (Lipinski definition) is 3. The Morgan fingerprint density at radius 1 is 1.17 bits per heavy atom. The lowest BCUT2D eigenvalue weighted by atomic mass is 10.1.